The fourth-order valence-corrected chi connectivity index (χ4v) is 3.14. The number of Topliss-reactive ketones (excluding diaryl/α,β-unsaturated/α-hetero) is 1. The zero-order valence-electron chi connectivity index (χ0n) is 15.6. The predicted molar refractivity (Wildman–Crippen MR) is 99.5 cm³/mol. The number of carbonyl (C=O) groups is 1. The van der Waals surface area contributed by atoms with Gasteiger partial charge in [0.15, 0.2) is 5.78 Å². The van der Waals surface area contributed by atoms with Crippen molar-refractivity contribution in [3.63, 3.8) is 0 Å². The maximum atomic E-state index is 11.4. The first-order valence-corrected chi connectivity index (χ1v) is 9.11. The molecule has 3 atom stereocenters. The van der Waals surface area contributed by atoms with E-state index >= 15 is 0 Å². The third-order valence-electron chi connectivity index (χ3n) is 4.79. The molecule has 1 aliphatic rings. The minimum Gasteiger partial charge on any atom is -0.491 e. The second-order valence-corrected chi connectivity index (χ2v) is 7.37. The van der Waals surface area contributed by atoms with E-state index in [2.05, 4.69) is 13.0 Å². The Morgan fingerprint density at radius 2 is 2.15 bits per heavy atom. The third kappa shape index (κ3) is 4.96. The van der Waals surface area contributed by atoms with Crippen molar-refractivity contribution in [2.45, 2.75) is 38.8 Å². The van der Waals surface area contributed by atoms with Crippen molar-refractivity contribution in [3.8, 4) is 5.75 Å². The summed E-state index contributed by atoms with van der Waals surface area (Å²) in [5, 5.41) is 10.2. The molecule has 0 spiro atoms. The number of hydrogen-bond acceptors (Lipinski definition) is 5. The Balaban J connectivity index is 1.44. The van der Waals surface area contributed by atoms with E-state index in [1.807, 2.05) is 18.0 Å². The van der Waals surface area contributed by atoms with Gasteiger partial charge in [-0.3, -0.25) is 9.69 Å². The maximum Gasteiger partial charge on any atom is 0.159 e. The second-order valence-electron chi connectivity index (χ2n) is 7.37. The summed E-state index contributed by atoms with van der Waals surface area (Å²) in [5.74, 6) is 3.90. The topological polar surface area (TPSA) is 62.9 Å². The van der Waals surface area contributed by atoms with Crippen LogP contribution in [0.25, 0.3) is 0 Å². The quantitative estimate of drug-likeness (QED) is 0.696. The fraction of sp³-hybridized carbons (Fsp3) is 0.476. The lowest BCUT2D eigenvalue weighted by Crippen LogP contribution is -2.32. The van der Waals surface area contributed by atoms with Crippen LogP contribution in [0, 0.1) is 5.92 Å². The number of likely N-dealkylation sites (N-methyl/N-ethyl adjacent to an activating group) is 1. The van der Waals surface area contributed by atoms with Gasteiger partial charge >= 0.3 is 0 Å². The molecule has 0 unspecified atom stereocenters. The lowest BCUT2D eigenvalue weighted by atomic mass is 10.1. The third-order valence-corrected chi connectivity index (χ3v) is 4.79. The molecule has 1 N–H and O–H groups in total. The molecule has 1 aromatic carbocycles. The Morgan fingerprint density at radius 3 is 2.85 bits per heavy atom. The first-order chi connectivity index (χ1) is 12.4. The molecule has 5 nitrogen and oxygen atoms in total. The van der Waals surface area contributed by atoms with Gasteiger partial charge in [-0.05, 0) is 50.6 Å². The summed E-state index contributed by atoms with van der Waals surface area (Å²) in [5.41, 5.74) is 0.604. The monoisotopic (exact) mass is 357 g/mol. The highest BCUT2D eigenvalue weighted by molar-refractivity contribution is 5.94. The highest BCUT2D eigenvalue weighted by Crippen LogP contribution is 2.47. The molecule has 5 heteroatoms. The lowest BCUT2D eigenvalue weighted by Gasteiger charge is -2.20. The number of hydrogen-bond donors (Lipinski definition) is 1. The summed E-state index contributed by atoms with van der Waals surface area (Å²) >= 11 is 0. The molecular weight excluding hydrogens is 330 g/mol. The van der Waals surface area contributed by atoms with E-state index in [1.165, 1.54) is 13.3 Å². The summed E-state index contributed by atoms with van der Waals surface area (Å²) in [6.07, 6.45) is 0.586. The van der Waals surface area contributed by atoms with Crippen LogP contribution in [0.5, 0.6) is 5.75 Å². The largest absolute Gasteiger partial charge is 0.491 e. The highest BCUT2D eigenvalue weighted by Gasteiger charge is 2.36. The van der Waals surface area contributed by atoms with E-state index in [0.717, 1.165) is 17.4 Å². The molecule has 140 valence electrons. The van der Waals surface area contributed by atoms with E-state index in [1.54, 1.807) is 24.3 Å². The van der Waals surface area contributed by atoms with Gasteiger partial charge in [-0.25, -0.2) is 0 Å². The molecule has 0 aliphatic heterocycles. The molecule has 1 saturated carbocycles. The Bertz CT molecular complexity index is 754. The van der Waals surface area contributed by atoms with Crippen LogP contribution in [-0.2, 0) is 6.54 Å². The zero-order valence-corrected chi connectivity index (χ0v) is 15.6. The van der Waals surface area contributed by atoms with E-state index < -0.39 is 6.10 Å². The first kappa shape index (κ1) is 18.7. The molecule has 1 heterocycles. The van der Waals surface area contributed by atoms with Crippen molar-refractivity contribution in [1.82, 2.24) is 4.90 Å². The number of rotatable bonds is 9. The van der Waals surface area contributed by atoms with E-state index in [4.69, 9.17) is 9.15 Å². The predicted octanol–water partition coefficient (Wildman–Crippen LogP) is 3.48. The van der Waals surface area contributed by atoms with Crippen molar-refractivity contribution in [2.24, 2.45) is 5.92 Å². The van der Waals surface area contributed by atoms with Gasteiger partial charge < -0.3 is 14.3 Å². The smallest absolute Gasteiger partial charge is 0.159 e. The van der Waals surface area contributed by atoms with Crippen LogP contribution in [0.3, 0.4) is 0 Å². The second kappa shape index (κ2) is 8.06. The number of aliphatic hydroxyl groups is 1. The van der Waals surface area contributed by atoms with E-state index in [0.29, 0.717) is 30.3 Å². The molecule has 26 heavy (non-hydrogen) atoms. The van der Waals surface area contributed by atoms with Gasteiger partial charge in [0.2, 0.25) is 0 Å². The van der Waals surface area contributed by atoms with E-state index in [9.17, 15) is 9.90 Å². The molecule has 0 saturated heterocycles. The maximum absolute atomic E-state index is 11.4. The molecular formula is C21H27NO4. The summed E-state index contributed by atoms with van der Waals surface area (Å²) in [7, 11) is 1.95. The number of ether oxygens (including phenoxy) is 1. The molecule has 0 bridgehead atoms. The van der Waals surface area contributed by atoms with Gasteiger partial charge in [-0.15, -0.1) is 0 Å². The first-order valence-electron chi connectivity index (χ1n) is 9.11. The number of furan rings is 1. The SMILES string of the molecule is CC(=O)c1cccc(OC[C@H](O)CN(C)Cc2ccc([C@@H]3C[C@@H]3C)o2)c1. The molecule has 0 amide bonds. The minimum atomic E-state index is -0.626. The van der Waals surface area contributed by atoms with Gasteiger partial charge in [-0.1, -0.05) is 19.1 Å². The average Bonchev–Trinajstić information content (AvgIpc) is 3.15. The standard InChI is InChI=1S/C21H27NO4/c1-14-9-20(14)21-8-7-19(26-21)12-22(3)11-17(24)13-25-18-6-4-5-16(10-18)15(2)23/h4-8,10,14,17,20,24H,9,11-13H2,1-3H3/t14-,17+,20+/m0/s1. The Morgan fingerprint density at radius 1 is 1.38 bits per heavy atom. The Hall–Kier alpha value is -2.11. The molecule has 0 radical (unpaired) electrons. The lowest BCUT2D eigenvalue weighted by molar-refractivity contribution is 0.0724. The van der Waals surface area contributed by atoms with Gasteiger partial charge in [0.05, 0.1) is 6.54 Å². The van der Waals surface area contributed by atoms with Gasteiger partial charge in [0.1, 0.15) is 30.0 Å². The van der Waals surface area contributed by atoms with Crippen molar-refractivity contribution in [2.75, 3.05) is 20.2 Å². The number of nitrogens with zero attached hydrogens (tertiary/aromatic N) is 1. The van der Waals surface area contributed by atoms with Crippen LogP contribution in [0.2, 0.25) is 0 Å². The van der Waals surface area contributed by atoms with Crippen LogP contribution in [0.1, 0.15) is 48.1 Å². The van der Waals surface area contributed by atoms with Gasteiger partial charge in [0, 0.05) is 18.0 Å². The van der Waals surface area contributed by atoms with Crippen LogP contribution in [0.15, 0.2) is 40.8 Å². The molecule has 2 aromatic rings. The minimum absolute atomic E-state index is 0.00543. The van der Waals surface area contributed by atoms with Crippen molar-refractivity contribution in [3.05, 3.63) is 53.5 Å². The van der Waals surface area contributed by atoms with Crippen LogP contribution in [0.4, 0.5) is 0 Å². The summed E-state index contributed by atoms with van der Waals surface area (Å²) in [6, 6.07) is 11.1. The number of ketones is 1. The summed E-state index contributed by atoms with van der Waals surface area (Å²) in [6.45, 7) is 5.06. The van der Waals surface area contributed by atoms with Gasteiger partial charge in [-0.2, -0.15) is 0 Å². The molecule has 1 aliphatic carbocycles. The molecule has 1 aromatic heterocycles. The number of carbonyl (C=O) groups excluding carboxylic acids is 1. The van der Waals surface area contributed by atoms with Crippen LogP contribution < -0.4 is 4.74 Å². The molecule has 1 fully saturated rings. The van der Waals surface area contributed by atoms with Crippen molar-refractivity contribution < 1.29 is 19.1 Å². The summed E-state index contributed by atoms with van der Waals surface area (Å²) in [4.78, 5) is 13.4. The average molecular weight is 357 g/mol. The van der Waals surface area contributed by atoms with E-state index in [-0.39, 0.29) is 12.4 Å². The zero-order chi connectivity index (χ0) is 18.7. The highest BCUT2D eigenvalue weighted by atomic mass is 16.5. The summed E-state index contributed by atoms with van der Waals surface area (Å²) < 4.78 is 11.5. The van der Waals surface area contributed by atoms with Crippen LogP contribution in [-0.4, -0.2) is 42.1 Å². The fourth-order valence-electron chi connectivity index (χ4n) is 3.14. The Kier molecular flexibility index (Phi) is 5.79. The number of aliphatic hydroxyl groups excluding tert-OH is 1. The normalized spacial score (nSPS) is 20.2. The van der Waals surface area contributed by atoms with Gasteiger partial charge in [0.25, 0.3) is 0 Å². The number of benzene rings is 1. The van der Waals surface area contributed by atoms with Crippen LogP contribution >= 0.6 is 0 Å². The van der Waals surface area contributed by atoms with Crippen molar-refractivity contribution >= 4 is 5.78 Å². The molecule has 3 rings (SSSR count). The Labute approximate surface area is 154 Å². The van der Waals surface area contributed by atoms with Crippen molar-refractivity contribution in [1.29, 1.82) is 0 Å².